The molecular formula is C21H19N3O4. The summed E-state index contributed by atoms with van der Waals surface area (Å²) in [6.45, 7) is 0.310. The van der Waals surface area contributed by atoms with E-state index in [-0.39, 0.29) is 11.5 Å². The number of anilines is 1. The van der Waals surface area contributed by atoms with E-state index in [2.05, 4.69) is 5.32 Å². The monoisotopic (exact) mass is 377 g/mol. The van der Waals surface area contributed by atoms with Gasteiger partial charge in [0.15, 0.2) is 0 Å². The number of nitrogens with one attached hydrogen (secondary N) is 1. The minimum Gasteiger partial charge on any atom is -0.497 e. The number of hydrogen-bond acceptors (Lipinski definition) is 4. The second kappa shape index (κ2) is 8.22. The lowest BCUT2D eigenvalue weighted by molar-refractivity contribution is 0.0998. The summed E-state index contributed by atoms with van der Waals surface area (Å²) in [4.78, 5) is 35.8. The molecule has 0 bridgehead atoms. The number of benzene rings is 2. The summed E-state index contributed by atoms with van der Waals surface area (Å²) in [5, 5.41) is 2.73. The fourth-order valence-corrected chi connectivity index (χ4v) is 2.68. The second-order valence-corrected chi connectivity index (χ2v) is 6.13. The number of hydrogen-bond donors (Lipinski definition) is 2. The van der Waals surface area contributed by atoms with Crippen LogP contribution in [0.5, 0.6) is 5.75 Å². The van der Waals surface area contributed by atoms with E-state index in [1.165, 1.54) is 35.0 Å². The van der Waals surface area contributed by atoms with Gasteiger partial charge in [0.2, 0.25) is 5.91 Å². The van der Waals surface area contributed by atoms with Gasteiger partial charge in [-0.05, 0) is 48.0 Å². The van der Waals surface area contributed by atoms with Gasteiger partial charge in [0.1, 0.15) is 5.75 Å². The summed E-state index contributed by atoms with van der Waals surface area (Å²) < 4.78 is 6.65. The third-order valence-corrected chi connectivity index (χ3v) is 4.16. The molecule has 7 heteroatoms. The van der Waals surface area contributed by atoms with Crippen molar-refractivity contribution in [1.29, 1.82) is 0 Å². The van der Waals surface area contributed by atoms with Crippen LogP contribution >= 0.6 is 0 Å². The van der Waals surface area contributed by atoms with Crippen LogP contribution in [0.2, 0.25) is 0 Å². The third-order valence-electron chi connectivity index (χ3n) is 4.16. The molecule has 2 aromatic carbocycles. The number of rotatable bonds is 6. The number of primary amides is 1. The molecule has 0 saturated heterocycles. The first-order valence-electron chi connectivity index (χ1n) is 8.51. The summed E-state index contributed by atoms with van der Waals surface area (Å²) in [6.07, 6.45) is 1.51. The molecule has 1 heterocycles. The van der Waals surface area contributed by atoms with Crippen LogP contribution in [0.25, 0.3) is 0 Å². The van der Waals surface area contributed by atoms with Crippen molar-refractivity contribution in [3.8, 4) is 5.75 Å². The van der Waals surface area contributed by atoms with Gasteiger partial charge < -0.3 is 20.4 Å². The van der Waals surface area contributed by atoms with Gasteiger partial charge in [0, 0.05) is 23.5 Å². The van der Waals surface area contributed by atoms with E-state index in [1.807, 2.05) is 24.3 Å². The molecule has 3 rings (SSSR count). The van der Waals surface area contributed by atoms with Crippen LogP contribution in [-0.2, 0) is 6.54 Å². The Morgan fingerprint density at radius 2 is 1.75 bits per heavy atom. The van der Waals surface area contributed by atoms with Crippen LogP contribution in [0.15, 0.2) is 71.7 Å². The Morgan fingerprint density at radius 1 is 1.04 bits per heavy atom. The number of pyridine rings is 1. The van der Waals surface area contributed by atoms with Crippen molar-refractivity contribution < 1.29 is 14.3 Å². The zero-order chi connectivity index (χ0) is 20.1. The van der Waals surface area contributed by atoms with E-state index in [0.29, 0.717) is 29.1 Å². The van der Waals surface area contributed by atoms with Crippen LogP contribution in [0.4, 0.5) is 5.69 Å². The molecule has 3 N–H and O–H groups in total. The SMILES string of the molecule is COc1cccc(Cn2cc(C(=O)Nc3ccc(C(N)=O)cc3)ccc2=O)c1. The topological polar surface area (TPSA) is 103 Å². The maximum atomic E-state index is 12.5. The Labute approximate surface area is 161 Å². The molecule has 2 amide bonds. The first-order valence-corrected chi connectivity index (χ1v) is 8.51. The zero-order valence-electron chi connectivity index (χ0n) is 15.2. The van der Waals surface area contributed by atoms with Crippen molar-refractivity contribution >= 4 is 17.5 Å². The number of carbonyl (C=O) groups is 2. The second-order valence-electron chi connectivity index (χ2n) is 6.13. The smallest absolute Gasteiger partial charge is 0.257 e. The Hall–Kier alpha value is -3.87. The molecule has 0 aliphatic carbocycles. The van der Waals surface area contributed by atoms with Gasteiger partial charge in [-0.2, -0.15) is 0 Å². The Kier molecular flexibility index (Phi) is 5.55. The predicted octanol–water partition coefficient (Wildman–Crippen LogP) is 2.26. The Morgan fingerprint density at radius 3 is 2.43 bits per heavy atom. The number of ether oxygens (including phenoxy) is 1. The van der Waals surface area contributed by atoms with Gasteiger partial charge in [-0.25, -0.2) is 0 Å². The number of carbonyl (C=O) groups excluding carboxylic acids is 2. The van der Waals surface area contributed by atoms with E-state index in [9.17, 15) is 14.4 Å². The molecule has 0 aliphatic heterocycles. The molecule has 7 nitrogen and oxygen atoms in total. The summed E-state index contributed by atoms with van der Waals surface area (Å²) in [6, 6.07) is 16.4. The van der Waals surface area contributed by atoms with Gasteiger partial charge in [0.25, 0.3) is 11.5 Å². The minimum absolute atomic E-state index is 0.217. The van der Waals surface area contributed by atoms with E-state index in [1.54, 1.807) is 19.2 Å². The highest BCUT2D eigenvalue weighted by molar-refractivity contribution is 6.04. The maximum absolute atomic E-state index is 12.5. The molecule has 0 spiro atoms. The summed E-state index contributed by atoms with van der Waals surface area (Å²) in [5.74, 6) is -0.215. The average Bonchev–Trinajstić information content (AvgIpc) is 2.70. The number of nitrogens with zero attached hydrogens (tertiary/aromatic N) is 1. The van der Waals surface area contributed by atoms with Crippen LogP contribution in [0.1, 0.15) is 26.3 Å². The van der Waals surface area contributed by atoms with E-state index in [4.69, 9.17) is 10.5 Å². The summed E-state index contributed by atoms with van der Waals surface area (Å²) in [5.41, 5.74) is 7.06. The summed E-state index contributed by atoms with van der Waals surface area (Å²) >= 11 is 0. The minimum atomic E-state index is -0.539. The van der Waals surface area contributed by atoms with Crippen molar-refractivity contribution in [2.75, 3.05) is 12.4 Å². The first-order chi connectivity index (χ1) is 13.5. The molecular weight excluding hydrogens is 358 g/mol. The molecule has 0 atom stereocenters. The van der Waals surface area contributed by atoms with Gasteiger partial charge in [-0.1, -0.05) is 12.1 Å². The highest BCUT2D eigenvalue weighted by Crippen LogP contribution is 2.14. The van der Waals surface area contributed by atoms with Gasteiger partial charge in [0.05, 0.1) is 19.2 Å². The normalized spacial score (nSPS) is 10.3. The zero-order valence-corrected chi connectivity index (χ0v) is 15.2. The molecule has 3 aromatic rings. The lowest BCUT2D eigenvalue weighted by Gasteiger charge is -2.10. The average molecular weight is 377 g/mol. The fourth-order valence-electron chi connectivity index (χ4n) is 2.68. The fraction of sp³-hybridized carbons (Fsp3) is 0.0952. The van der Waals surface area contributed by atoms with E-state index in [0.717, 1.165) is 5.56 Å². The molecule has 1 aromatic heterocycles. The molecule has 0 unspecified atom stereocenters. The van der Waals surface area contributed by atoms with Crippen LogP contribution < -0.4 is 21.3 Å². The Bertz CT molecular complexity index is 1070. The first kappa shape index (κ1) is 18.9. The third kappa shape index (κ3) is 4.45. The lowest BCUT2D eigenvalue weighted by Crippen LogP contribution is -2.22. The predicted molar refractivity (Wildman–Crippen MR) is 106 cm³/mol. The number of amides is 2. The van der Waals surface area contributed by atoms with Crippen molar-refractivity contribution in [3.63, 3.8) is 0 Å². The highest BCUT2D eigenvalue weighted by atomic mass is 16.5. The molecule has 28 heavy (non-hydrogen) atoms. The van der Waals surface area contributed by atoms with Crippen molar-refractivity contribution in [3.05, 3.63) is 93.9 Å². The highest BCUT2D eigenvalue weighted by Gasteiger charge is 2.09. The molecule has 142 valence electrons. The van der Waals surface area contributed by atoms with Crippen LogP contribution in [0, 0.1) is 0 Å². The lowest BCUT2D eigenvalue weighted by atomic mass is 10.2. The summed E-state index contributed by atoms with van der Waals surface area (Å²) in [7, 11) is 1.58. The standard InChI is InChI=1S/C21H19N3O4/c1-28-18-4-2-3-14(11-18)12-24-13-16(7-10-19(24)25)21(27)23-17-8-5-15(6-9-17)20(22)26/h2-11,13H,12H2,1H3,(H2,22,26)(H,23,27). The Balaban J connectivity index is 1.78. The van der Waals surface area contributed by atoms with Crippen molar-refractivity contribution in [1.82, 2.24) is 4.57 Å². The molecule has 0 radical (unpaired) electrons. The quantitative estimate of drug-likeness (QED) is 0.688. The number of methoxy groups -OCH3 is 1. The largest absolute Gasteiger partial charge is 0.497 e. The van der Waals surface area contributed by atoms with Gasteiger partial charge in [-0.3, -0.25) is 14.4 Å². The number of aromatic nitrogens is 1. The van der Waals surface area contributed by atoms with E-state index < -0.39 is 5.91 Å². The van der Waals surface area contributed by atoms with Crippen molar-refractivity contribution in [2.24, 2.45) is 5.73 Å². The molecule has 0 fully saturated rings. The van der Waals surface area contributed by atoms with Crippen LogP contribution in [-0.4, -0.2) is 23.5 Å². The van der Waals surface area contributed by atoms with Gasteiger partial charge in [-0.15, -0.1) is 0 Å². The molecule has 0 saturated carbocycles. The maximum Gasteiger partial charge on any atom is 0.257 e. The van der Waals surface area contributed by atoms with Crippen LogP contribution in [0.3, 0.4) is 0 Å². The van der Waals surface area contributed by atoms with Crippen molar-refractivity contribution in [2.45, 2.75) is 6.54 Å². The number of nitrogens with two attached hydrogens (primary N) is 1. The van der Waals surface area contributed by atoms with E-state index >= 15 is 0 Å². The van der Waals surface area contributed by atoms with Gasteiger partial charge >= 0.3 is 0 Å². The molecule has 0 aliphatic rings.